The van der Waals surface area contributed by atoms with Gasteiger partial charge in [-0.3, -0.25) is 9.59 Å². The summed E-state index contributed by atoms with van der Waals surface area (Å²) >= 11 is 0. The van der Waals surface area contributed by atoms with E-state index in [0.717, 1.165) is 25.1 Å². The number of fused-ring (bicyclic) bond motifs is 1. The molecule has 208 valence electrons. The largest absolute Gasteiger partial charge is 0.490 e. The normalized spacial score (nSPS) is 15.4. The Bertz CT molecular complexity index is 1730. The number of carbonyl (C=O) groups excluding carboxylic acids is 1. The number of nitriles is 1. The number of rotatable bonds is 6. The topological polar surface area (TPSA) is 115 Å². The molecule has 10 heteroatoms. The summed E-state index contributed by atoms with van der Waals surface area (Å²) in [7, 11) is 0. The molecule has 3 heterocycles. The van der Waals surface area contributed by atoms with Crippen LogP contribution in [0.5, 0.6) is 5.75 Å². The highest BCUT2D eigenvalue weighted by Gasteiger charge is 2.26. The zero-order valence-electron chi connectivity index (χ0n) is 22.7. The van der Waals surface area contributed by atoms with E-state index in [-0.39, 0.29) is 23.1 Å². The molecular weight excluding hydrogens is 523 g/mol. The first kappa shape index (κ1) is 26.4. The highest BCUT2D eigenvalue weighted by molar-refractivity contribution is 5.95. The van der Waals surface area contributed by atoms with Gasteiger partial charge >= 0.3 is 0 Å². The Morgan fingerprint density at radius 3 is 2.61 bits per heavy atom. The zero-order valence-corrected chi connectivity index (χ0v) is 22.7. The molecular formula is C31H29FN6O3. The number of amides is 1. The summed E-state index contributed by atoms with van der Waals surface area (Å²) in [4.78, 5) is 34.0. The van der Waals surface area contributed by atoms with Crippen molar-refractivity contribution in [1.82, 2.24) is 20.1 Å². The summed E-state index contributed by atoms with van der Waals surface area (Å²) in [5.41, 5.74) is 2.23. The van der Waals surface area contributed by atoms with Gasteiger partial charge in [0.05, 0.1) is 34.0 Å². The van der Waals surface area contributed by atoms with Crippen molar-refractivity contribution in [2.75, 3.05) is 31.1 Å². The van der Waals surface area contributed by atoms with E-state index >= 15 is 0 Å². The molecule has 1 aliphatic heterocycles. The van der Waals surface area contributed by atoms with Gasteiger partial charge in [0.15, 0.2) is 0 Å². The van der Waals surface area contributed by atoms with E-state index in [1.54, 1.807) is 42.2 Å². The highest BCUT2D eigenvalue weighted by Crippen LogP contribution is 2.28. The maximum atomic E-state index is 14.9. The first-order valence-corrected chi connectivity index (χ1v) is 13.8. The Morgan fingerprint density at radius 1 is 1.10 bits per heavy atom. The number of hydrogen-bond donors (Lipinski definition) is 1. The molecule has 0 spiro atoms. The number of aromatic amines is 1. The lowest BCUT2D eigenvalue weighted by molar-refractivity contribution is 0.0741. The minimum atomic E-state index is -0.582. The number of H-pyrrole nitrogens is 1. The van der Waals surface area contributed by atoms with Crippen LogP contribution in [0.25, 0.3) is 10.8 Å². The van der Waals surface area contributed by atoms with Crippen molar-refractivity contribution >= 4 is 22.5 Å². The quantitative estimate of drug-likeness (QED) is 0.383. The van der Waals surface area contributed by atoms with E-state index < -0.39 is 5.82 Å². The molecule has 1 saturated heterocycles. The minimum Gasteiger partial charge on any atom is -0.490 e. The summed E-state index contributed by atoms with van der Waals surface area (Å²) in [6.45, 7) is 3.72. The van der Waals surface area contributed by atoms with Crippen molar-refractivity contribution in [3.8, 4) is 11.8 Å². The monoisotopic (exact) mass is 552 g/mol. The molecule has 2 aliphatic rings. The number of nitrogens with one attached hydrogen (secondary N) is 1. The highest BCUT2D eigenvalue weighted by atomic mass is 19.1. The van der Waals surface area contributed by atoms with Crippen molar-refractivity contribution in [1.29, 1.82) is 5.26 Å². The standard InChI is InChI=1S/C31H29FN6O3/c1-19-21(18-33)6-10-29(34-19)37-11-13-38(14-12-37)31(40)26-15-20(5-9-27(26)32)16-28-25-17-23(41-22-3-2-4-22)7-8-24(25)30(39)36-35-28/h5-10,15,17,22H,2-4,11-14,16H2,1H3,(H,36,39). The third kappa shape index (κ3) is 5.35. The molecule has 2 aromatic carbocycles. The Morgan fingerprint density at radius 2 is 1.90 bits per heavy atom. The second-order valence-electron chi connectivity index (χ2n) is 10.6. The molecule has 2 fully saturated rings. The van der Waals surface area contributed by atoms with Gasteiger partial charge in [0.1, 0.15) is 23.5 Å². The Balaban J connectivity index is 1.19. The smallest absolute Gasteiger partial charge is 0.272 e. The zero-order chi connectivity index (χ0) is 28.5. The molecule has 1 saturated carbocycles. The van der Waals surface area contributed by atoms with Gasteiger partial charge < -0.3 is 14.5 Å². The van der Waals surface area contributed by atoms with E-state index in [2.05, 4.69) is 26.2 Å². The maximum Gasteiger partial charge on any atom is 0.272 e. The van der Waals surface area contributed by atoms with E-state index in [0.29, 0.717) is 71.6 Å². The van der Waals surface area contributed by atoms with Gasteiger partial charge in [0.25, 0.3) is 11.5 Å². The molecule has 4 aromatic rings. The Kier molecular flexibility index (Phi) is 7.10. The number of carbonyl (C=O) groups is 1. The van der Waals surface area contributed by atoms with Gasteiger partial charge in [-0.25, -0.2) is 14.5 Å². The van der Waals surface area contributed by atoms with Crippen LogP contribution in [0.15, 0.2) is 53.3 Å². The lowest BCUT2D eigenvalue weighted by Crippen LogP contribution is -2.49. The molecule has 1 amide bonds. The lowest BCUT2D eigenvalue weighted by Gasteiger charge is -2.35. The van der Waals surface area contributed by atoms with E-state index in [1.165, 1.54) is 6.07 Å². The maximum absolute atomic E-state index is 14.9. The molecule has 1 aliphatic carbocycles. The SMILES string of the molecule is Cc1nc(N2CCN(C(=O)c3cc(Cc4n[nH]c(=O)c5ccc(OC6CCC6)cc45)ccc3F)CC2)ccc1C#N. The van der Waals surface area contributed by atoms with Crippen molar-refractivity contribution in [3.63, 3.8) is 0 Å². The molecule has 0 atom stereocenters. The van der Waals surface area contributed by atoms with Gasteiger partial charge in [-0.2, -0.15) is 10.4 Å². The summed E-state index contributed by atoms with van der Waals surface area (Å²) < 4.78 is 20.9. The second kappa shape index (κ2) is 11.0. The van der Waals surface area contributed by atoms with Crippen LogP contribution in [0.4, 0.5) is 10.2 Å². The molecule has 0 bridgehead atoms. The Labute approximate surface area is 236 Å². The van der Waals surface area contributed by atoms with Crippen molar-refractivity contribution in [2.45, 2.75) is 38.7 Å². The van der Waals surface area contributed by atoms with E-state index in [9.17, 15) is 14.0 Å². The van der Waals surface area contributed by atoms with Gasteiger partial charge in [0.2, 0.25) is 0 Å². The van der Waals surface area contributed by atoms with Gasteiger partial charge in [-0.05, 0) is 74.2 Å². The predicted octanol–water partition coefficient (Wildman–Crippen LogP) is 4.12. The van der Waals surface area contributed by atoms with Crippen molar-refractivity contribution in [2.24, 2.45) is 0 Å². The lowest BCUT2D eigenvalue weighted by atomic mass is 9.96. The number of ether oxygens (including phenoxy) is 1. The van der Waals surface area contributed by atoms with Crippen molar-refractivity contribution < 1.29 is 13.9 Å². The van der Waals surface area contributed by atoms with Gasteiger partial charge in [0, 0.05) is 38.0 Å². The van der Waals surface area contributed by atoms with Gasteiger partial charge in [-0.15, -0.1) is 0 Å². The molecule has 6 rings (SSSR count). The summed E-state index contributed by atoms with van der Waals surface area (Å²) in [6, 6.07) is 15.6. The van der Waals surface area contributed by atoms with Crippen molar-refractivity contribution in [3.05, 3.63) is 92.8 Å². The average molecular weight is 553 g/mol. The fraction of sp³-hybridized carbons (Fsp3) is 0.323. The number of aryl methyl sites for hydroxylation is 1. The molecule has 9 nitrogen and oxygen atoms in total. The third-order valence-corrected chi connectivity index (χ3v) is 7.91. The molecule has 41 heavy (non-hydrogen) atoms. The number of anilines is 1. The minimum absolute atomic E-state index is 0.00558. The summed E-state index contributed by atoms with van der Waals surface area (Å²) in [5, 5.41) is 17.2. The third-order valence-electron chi connectivity index (χ3n) is 7.91. The number of benzene rings is 2. The molecule has 1 N–H and O–H groups in total. The summed E-state index contributed by atoms with van der Waals surface area (Å²) in [6.07, 6.45) is 3.69. The van der Waals surface area contributed by atoms with Crippen LogP contribution >= 0.6 is 0 Å². The number of nitrogens with zero attached hydrogens (tertiary/aromatic N) is 5. The van der Waals surface area contributed by atoms with Crippen LogP contribution in [0.1, 0.15) is 52.1 Å². The average Bonchev–Trinajstić information content (AvgIpc) is 2.97. The first-order valence-electron chi connectivity index (χ1n) is 13.8. The van der Waals surface area contributed by atoms with Crippen LogP contribution in [0.2, 0.25) is 0 Å². The van der Waals surface area contributed by atoms with E-state index in [1.807, 2.05) is 12.1 Å². The van der Waals surface area contributed by atoms with Crippen LogP contribution in [-0.2, 0) is 6.42 Å². The number of halogens is 1. The molecule has 0 radical (unpaired) electrons. The number of pyridine rings is 1. The Hall–Kier alpha value is -4.78. The first-order chi connectivity index (χ1) is 19.9. The molecule has 2 aromatic heterocycles. The van der Waals surface area contributed by atoms with Crippen LogP contribution in [-0.4, -0.2) is 58.3 Å². The predicted molar refractivity (Wildman–Crippen MR) is 152 cm³/mol. The fourth-order valence-electron chi connectivity index (χ4n) is 5.28. The number of aromatic nitrogens is 3. The fourth-order valence-corrected chi connectivity index (χ4v) is 5.28. The van der Waals surface area contributed by atoms with Gasteiger partial charge in [-0.1, -0.05) is 6.07 Å². The molecule has 0 unspecified atom stereocenters. The van der Waals surface area contributed by atoms with E-state index in [4.69, 9.17) is 10.00 Å². The van der Waals surface area contributed by atoms with Crippen LogP contribution in [0.3, 0.4) is 0 Å². The number of hydrogen-bond acceptors (Lipinski definition) is 7. The van der Waals surface area contributed by atoms with Crippen LogP contribution in [0, 0.1) is 24.1 Å². The number of piperazine rings is 1. The second-order valence-corrected chi connectivity index (χ2v) is 10.6. The summed E-state index contributed by atoms with van der Waals surface area (Å²) in [5.74, 6) is 0.490. The van der Waals surface area contributed by atoms with Crippen LogP contribution < -0.4 is 15.2 Å².